The van der Waals surface area contributed by atoms with Gasteiger partial charge in [-0.1, -0.05) is 156 Å². The topological polar surface area (TPSA) is 395 Å². The van der Waals surface area contributed by atoms with Gasteiger partial charge >= 0.3 is 0 Å². The highest BCUT2D eigenvalue weighted by molar-refractivity contribution is 6.32. The van der Waals surface area contributed by atoms with E-state index in [1.165, 1.54) is 18.6 Å². The molecule has 4 atom stereocenters. The van der Waals surface area contributed by atoms with E-state index >= 15 is 0 Å². The van der Waals surface area contributed by atoms with Crippen LogP contribution in [0.25, 0.3) is 43.1 Å². The van der Waals surface area contributed by atoms with Crippen molar-refractivity contribution in [2.24, 2.45) is 0 Å². The molecule has 0 aliphatic carbocycles. The fourth-order valence-electron chi connectivity index (χ4n) is 13.8. The zero-order chi connectivity index (χ0) is 94.1. The standard InChI is InChI=1S/2C26H29ClN4O2.2C24H26ClN5O2/c1-4-31(5-2)16-21(32)9-11-25(33)24-12-17(3)18(14-29-24)7-10-22-23-13-20(27)8-6-19(23)15-30-26(22)28;1-4-31(5-2)16-21(32)8-11-25(33)19-12-17(3)24(29-15-19)10-9-22-23-13-20(27)7-6-18(23)14-30-26(22)28;1-3-30(4-2)15-19(31)9-12-23(32)22-11-8-18(28-29-22)7-10-20-21-13-17(25)6-5-16(21)14-27-24(20)26;1-3-30(4-2)15-19(31)8-10-23(32)22-14-27-18(13-28-22)7-9-20-21-11-17(25)6-5-16(21)12-29-24(20)26/h6,8,12-15,21,32H,4-5,9,11,16H2,1-3H3,(H2,28,30);6-7,12-15,21,32H,4-5,8,11,16H2,1-3H3,(H2,28,30);5-6,8,11,13-14,19,31H,3-4,9,12,15H2,1-2H3,(H2,26,27);5-6,11-14,19,31H,3-4,8,10,15H2,1-2H3,(H2,26,29). The van der Waals surface area contributed by atoms with Crippen LogP contribution in [0.5, 0.6) is 0 Å². The minimum absolute atomic E-state index is 0.0409. The molecule has 8 heterocycles. The maximum absolute atomic E-state index is 12.6. The number of Topliss-reactive ketones (excluding diaryl/α,β-unsaturated/α-hetero) is 4. The molecule has 0 saturated carbocycles. The molecule has 26 nitrogen and oxygen atoms in total. The van der Waals surface area contributed by atoms with E-state index in [0.717, 1.165) is 107 Å². The number of aliphatic hydroxyl groups excluding tert-OH is 4. The summed E-state index contributed by atoms with van der Waals surface area (Å²) in [5.74, 6) is 25.0. The Balaban J connectivity index is 0.000000195. The molecule has 0 spiro atoms. The minimum atomic E-state index is -0.551. The number of nitrogens with zero attached hydrogens (tertiary/aromatic N) is 14. The van der Waals surface area contributed by atoms with Gasteiger partial charge in [0.2, 0.25) is 0 Å². The predicted octanol–water partition coefficient (Wildman–Crippen LogP) is 15.1. The van der Waals surface area contributed by atoms with Crippen molar-refractivity contribution in [3.63, 3.8) is 0 Å². The highest BCUT2D eigenvalue weighted by Crippen LogP contribution is 2.30. The molecule has 0 bridgehead atoms. The number of likely N-dealkylation sites (N-methyl/N-ethyl adjacent to an activating group) is 4. The van der Waals surface area contributed by atoms with E-state index in [1.807, 2.05) is 77.9 Å². The molecule has 4 aromatic carbocycles. The summed E-state index contributed by atoms with van der Waals surface area (Å²) in [4.78, 5) is 92.4. The molecule has 12 aromatic rings. The molecule has 676 valence electrons. The third kappa shape index (κ3) is 30.0. The second-order valence-corrected chi connectivity index (χ2v) is 32.5. The van der Waals surface area contributed by atoms with E-state index in [-0.39, 0.29) is 60.2 Å². The molecule has 8 aromatic heterocycles. The molecule has 0 radical (unpaired) electrons. The lowest BCUT2D eigenvalue weighted by atomic mass is 10.0. The number of aromatic nitrogens is 10. The molecule has 12 N–H and O–H groups in total. The van der Waals surface area contributed by atoms with E-state index in [4.69, 9.17) is 69.3 Å². The quantitative estimate of drug-likeness (QED) is 0.0143. The lowest BCUT2D eigenvalue weighted by Gasteiger charge is -2.21. The molecular formula is C100H110Cl4N18O8. The first-order valence-electron chi connectivity index (χ1n) is 43.2. The fourth-order valence-corrected chi connectivity index (χ4v) is 14.5. The van der Waals surface area contributed by atoms with Crippen LogP contribution < -0.4 is 22.9 Å². The molecule has 0 saturated heterocycles. The average Bonchev–Trinajstić information content (AvgIpc) is 0.822. The second kappa shape index (κ2) is 50.8. The van der Waals surface area contributed by atoms with Crippen LogP contribution in [0.4, 0.5) is 23.3 Å². The predicted molar refractivity (Wildman–Crippen MR) is 520 cm³/mol. The number of carbonyl (C=O) groups excluding carboxylic acids is 4. The molecule has 12 rings (SSSR count). The first kappa shape index (κ1) is 102. The highest BCUT2D eigenvalue weighted by atomic mass is 35.5. The number of aliphatic hydroxyl groups is 4. The summed E-state index contributed by atoms with van der Waals surface area (Å²) in [5.41, 5.74) is 31.6. The number of ketones is 4. The van der Waals surface area contributed by atoms with Gasteiger partial charge in [0, 0.05) is 163 Å². The Morgan fingerprint density at radius 1 is 0.331 bits per heavy atom. The van der Waals surface area contributed by atoms with Crippen LogP contribution in [0.15, 0.2) is 147 Å². The Morgan fingerprint density at radius 3 is 1.02 bits per heavy atom. The Hall–Kier alpha value is -12.1. The van der Waals surface area contributed by atoms with Crippen LogP contribution in [0.2, 0.25) is 20.1 Å². The van der Waals surface area contributed by atoms with Gasteiger partial charge in [0.05, 0.1) is 59.1 Å². The van der Waals surface area contributed by atoms with Gasteiger partial charge in [-0.3, -0.25) is 24.2 Å². The number of hydrogen-bond donors (Lipinski definition) is 8. The summed E-state index contributed by atoms with van der Waals surface area (Å²) in [6.07, 6.45) is 13.1. The third-order valence-electron chi connectivity index (χ3n) is 21.7. The first-order valence-corrected chi connectivity index (χ1v) is 44.7. The van der Waals surface area contributed by atoms with E-state index in [2.05, 4.69) is 145 Å². The van der Waals surface area contributed by atoms with Crippen LogP contribution in [-0.2, 0) is 0 Å². The van der Waals surface area contributed by atoms with Gasteiger partial charge in [0.15, 0.2) is 23.1 Å². The van der Waals surface area contributed by atoms with Crippen LogP contribution in [0.1, 0.15) is 205 Å². The van der Waals surface area contributed by atoms with Crippen LogP contribution in [0.3, 0.4) is 0 Å². The number of aryl methyl sites for hydroxylation is 2. The number of rotatable bonds is 32. The third-order valence-corrected chi connectivity index (χ3v) is 22.7. The Bertz CT molecular complexity index is 5830. The van der Waals surface area contributed by atoms with Gasteiger partial charge in [-0.2, -0.15) is 0 Å². The average molecular weight is 1830 g/mol. The lowest BCUT2D eigenvalue weighted by molar-refractivity contribution is 0.0870. The van der Waals surface area contributed by atoms with E-state index in [1.54, 1.807) is 91.6 Å². The van der Waals surface area contributed by atoms with E-state index in [9.17, 15) is 39.6 Å². The Morgan fingerprint density at radius 2 is 0.677 bits per heavy atom. The molecular weight excluding hydrogens is 1720 g/mol. The van der Waals surface area contributed by atoms with Crippen molar-refractivity contribution in [2.45, 2.75) is 145 Å². The van der Waals surface area contributed by atoms with Crippen LogP contribution >= 0.6 is 46.4 Å². The summed E-state index contributed by atoms with van der Waals surface area (Å²) >= 11 is 24.5. The van der Waals surface area contributed by atoms with Crippen molar-refractivity contribution in [3.8, 4) is 47.4 Å². The molecule has 4 unspecified atom stereocenters. The summed E-state index contributed by atoms with van der Waals surface area (Å²) in [5, 5.41) is 57.9. The zero-order valence-electron chi connectivity index (χ0n) is 74.8. The van der Waals surface area contributed by atoms with Gasteiger partial charge in [0.1, 0.15) is 57.4 Å². The van der Waals surface area contributed by atoms with Crippen molar-refractivity contribution in [2.75, 3.05) is 101 Å². The van der Waals surface area contributed by atoms with Gasteiger partial charge in [-0.15, -0.1) is 10.2 Å². The molecule has 0 aliphatic heterocycles. The van der Waals surface area contributed by atoms with Crippen molar-refractivity contribution in [3.05, 3.63) is 245 Å². The van der Waals surface area contributed by atoms with Crippen molar-refractivity contribution >= 4 is 136 Å². The normalized spacial score (nSPS) is 11.9. The van der Waals surface area contributed by atoms with E-state index < -0.39 is 24.4 Å². The van der Waals surface area contributed by atoms with Crippen molar-refractivity contribution in [1.29, 1.82) is 0 Å². The molecule has 130 heavy (non-hydrogen) atoms. The number of nitrogen functional groups attached to an aromatic ring is 4. The van der Waals surface area contributed by atoms with Gasteiger partial charge in [-0.05, 0) is 194 Å². The van der Waals surface area contributed by atoms with Crippen molar-refractivity contribution in [1.82, 2.24) is 69.7 Å². The monoisotopic (exact) mass is 1830 g/mol. The Kier molecular flexibility index (Phi) is 39.7. The number of pyridine rings is 6. The number of anilines is 4. The maximum Gasteiger partial charge on any atom is 0.183 e. The Labute approximate surface area is 779 Å². The summed E-state index contributed by atoms with van der Waals surface area (Å²) < 4.78 is 0. The molecule has 0 amide bonds. The number of hydrogen-bond acceptors (Lipinski definition) is 26. The summed E-state index contributed by atoms with van der Waals surface area (Å²) in [6.45, 7) is 29.4. The maximum atomic E-state index is 12.6. The number of nitrogens with two attached hydrogens (primary N) is 4. The highest BCUT2D eigenvalue weighted by Gasteiger charge is 2.21. The second-order valence-electron chi connectivity index (χ2n) is 30.8. The minimum Gasteiger partial charge on any atom is -0.392 e. The van der Waals surface area contributed by atoms with Crippen LogP contribution in [0, 0.1) is 61.2 Å². The van der Waals surface area contributed by atoms with Gasteiger partial charge < -0.3 is 63.0 Å². The SMILES string of the molecule is CCN(CC)CC(O)CCC(=O)c1cc(C)c(C#Cc2c(N)ncc3ccc(Cl)cc23)cn1.CCN(CC)CC(O)CCC(=O)c1ccc(C#Cc2c(N)ncc3ccc(Cl)cc23)nn1.CCN(CC)CC(O)CCC(=O)c1cnc(C#Cc2c(N)ncc3ccc(Cl)cc23)c(C)c1.CCN(CC)CC(O)CCC(=O)c1cnc(C#Cc2c(N)ncc3ccc(Cl)cc23)cn1. The van der Waals surface area contributed by atoms with E-state index in [0.29, 0.717) is 151 Å². The first-order chi connectivity index (χ1) is 62.4. The molecule has 0 fully saturated rings. The van der Waals surface area contributed by atoms with Crippen molar-refractivity contribution < 1.29 is 39.6 Å². The molecule has 0 aliphatic rings. The largest absolute Gasteiger partial charge is 0.392 e. The lowest BCUT2D eigenvalue weighted by Crippen LogP contribution is -2.32. The van der Waals surface area contributed by atoms with Gasteiger partial charge in [-0.25, -0.2) is 34.9 Å². The summed E-state index contributed by atoms with van der Waals surface area (Å²) in [7, 11) is 0. The zero-order valence-corrected chi connectivity index (χ0v) is 77.8. The number of halogens is 4. The van der Waals surface area contributed by atoms with Gasteiger partial charge in [0.25, 0.3) is 0 Å². The number of benzene rings is 4. The number of fused-ring (bicyclic) bond motifs is 4. The summed E-state index contributed by atoms with van der Waals surface area (Å²) in [6, 6.07) is 28.6. The van der Waals surface area contributed by atoms with Crippen LogP contribution in [-0.4, -0.2) is 216 Å². The number of carbonyl (C=O) groups is 4. The fraction of sp³-hybridized carbons (Fsp3) is 0.340. The molecule has 30 heteroatoms. The smallest absolute Gasteiger partial charge is 0.183 e.